The number of H-pyrrole nitrogens is 1. The van der Waals surface area contributed by atoms with Crippen LogP contribution in [0.15, 0.2) is 29.1 Å². The van der Waals surface area contributed by atoms with E-state index in [0.717, 1.165) is 18.4 Å². The number of alkyl carbamates (subject to hydrolysis) is 1. The van der Waals surface area contributed by atoms with Crippen molar-refractivity contribution in [3.8, 4) is 0 Å². The molecule has 0 spiro atoms. The second-order valence-corrected chi connectivity index (χ2v) is 11.7. The first-order valence-corrected chi connectivity index (χ1v) is 13.8. The fourth-order valence-corrected chi connectivity index (χ4v) is 5.61. The highest BCUT2D eigenvalue weighted by molar-refractivity contribution is 6.31. The van der Waals surface area contributed by atoms with E-state index < -0.39 is 17.7 Å². The number of methoxy groups -OCH3 is 1. The van der Waals surface area contributed by atoms with E-state index in [0.29, 0.717) is 52.7 Å². The number of nitrogens with one attached hydrogen (secondary N) is 2. The Bertz CT molecular complexity index is 1710. The van der Waals surface area contributed by atoms with Gasteiger partial charge >= 0.3 is 18.0 Å². The van der Waals surface area contributed by atoms with Gasteiger partial charge in [-0.1, -0.05) is 34.8 Å². The Balaban J connectivity index is 1.67. The minimum Gasteiger partial charge on any atom is -0.464 e. The molecule has 41 heavy (non-hydrogen) atoms. The molecule has 4 aromatic rings. The molecule has 12 nitrogen and oxygen atoms in total. The topological polar surface area (TPSA) is 127 Å². The van der Waals surface area contributed by atoms with Crippen molar-refractivity contribution >= 4 is 51.7 Å². The van der Waals surface area contributed by atoms with Gasteiger partial charge in [-0.05, 0) is 39.7 Å². The molecule has 1 aliphatic rings. The quantitative estimate of drug-likeness (QED) is 0.273. The van der Waals surface area contributed by atoms with E-state index in [2.05, 4.69) is 15.3 Å². The second kappa shape index (κ2) is 10.7. The summed E-state index contributed by atoms with van der Waals surface area (Å²) >= 11 is 6.56. The predicted molar refractivity (Wildman–Crippen MR) is 155 cm³/mol. The van der Waals surface area contributed by atoms with Crippen LogP contribution in [0, 0.1) is 0 Å². The largest absolute Gasteiger partial charge is 0.464 e. The van der Waals surface area contributed by atoms with Gasteiger partial charge in [-0.2, -0.15) is 0 Å². The number of hydrogen-bond donors (Lipinski definition) is 2. The molecule has 0 aliphatic carbocycles. The van der Waals surface area contributed by atoms with Gasteiger partial charge in [0, 0.05) is 24.7 Å². The van der Waals surface area contributed by atoms with Gasteiger partial charge in [-0.25, -0.2) is 14.2 Å². The van der Waals surface area contributed by atoms with Crippen LogP contribution in [0.3, 0.4) is 0 Å². The van der Waals surface area contributed by atoms with Gasteiger partial charge in [0.15, 0.2) is 5.69 Å². The Morgan fingerprint density at radius 3 is 2.63 bits per heavy atom. The number of imidazole rings is 1. The Kier molecular flexibility index (Phi) is 7.45. The number of halogens is 1. The first kappa shape index (κ1) is 28.5. The van der Waals surface area contributed by atoms with E-state index in [1.807, 2.05) is 49.6 Å². The monoisotopic (exact) mass is 584 g/mol. The van der Waals surface area contributed by atoms with Crippen LogP contribution in [0.25, 0.3) is 22.1 Å². The minimum absolute atomic E-state index is 0.160. The van der Waals surface area contributed by atoms with E-state index in [1.165, 1.54) is 11.7 Å². The molecule has 13 heteroatoms. The van der Waals surface area contributed by atoms with Crippen LogP contribution in [-0.2, 0) is 30.1 Å². The number of nitrogens with zero attached hydrogens (tertiary/aromatic N) is 5. The molecule has 3 aromatic heterocycles. The number of hydrogen-bond acceptors (Lipinski definition) is 7. The van der Waals surface area contributed by atoms with Crippen molar-refractivity contribution in [1.29, 1.82) is 0 Å². The molecule has 1 aromatic carbocycles. The minimum atomic E-state index is -0.609. The number of carbonyl (C=O) groups is 2. The first-order chi connectivity index (χ1) is 19.4. The van der Waals surface area contributed by atoms with E-state index in [9.17, 15) is 14.4 Å². The van der Waals surface area contributed by atoms with E-state index >= 15 is 0 Å². The maximum Gasteiger partial charge on any atom is 0.407 e. The molecule has 0 radical (unpaired) electrons. The number of rotatable bonds is 5. The molecule has 218 valence electrons. The summed E-state index contributed by atoms with van der Waals surface area (Å²) in [5.74, 6) is -0.0196. The molecule has 1 fully saturated rings. The summed E-state index contributed by atoms with van der Waals surface area (Å²) in [4.78, 5) is 46.1. The van der Waals surface area contributed by atoms with Crippen LogP contribution in [0.4, 0.5) is 10.7 Å². The fourth-order valence-electron chi connectivity index (χ4n) is 5.42. The highest BCUT2D eigenvalue weighted by Gasteiger charge is 2.36. The smallest absolute Gasteiger partial charge is 0.407 e. The Labute approximate surface area is 241 Å². The molecule has 1 saturated heterocycles. The summed E-state index contributed by atoms with van der Waals surface area (Å²) in [5, 5.41) is 6.57. The van der Waals surface area contributed by atoms with E-state index in [1.54, 1.807) is 18.8 Å². The second-order valence-electron chi connectivity index (χ2n) is 11.3. The van der Waals surface area contributed by atoms with Crippen LogP contribution >= 0.6 is 11.6 Å². The van der Waals surface area contributed by atoms with Gasteiger partial charge in [0.1, 0.15) is 16.6 Å². The molecule has 5 rings (SSSR count). The number of benzene rings is 1. The molecule has 0 unspecified atom stereocenters. The third kappa shape index (κ3) is 5.35. The number of piperidine rings is 1. The number of aromatic amines is 1. The number of amides is 1. The number of aromatic nitrogens is 5. The van der Waals surface area contributed by atoms with Crippen LogP contribution in [0.5, 0.6) is 0 Å². The zero-order valence-electron chi connectivity index (χ0n) is 24.1. The molecule has 4 heterocycles. The summed E-state index contributed by atoms with van der Waals surface area (Å²) in [6, 6.07) is 7.29. The number of carbonyl (C=O) groups excluding carboxylic acids is 2. The van der Waals surface area contributed by atoms with Gasteiger partial charge in [0.2, 0.25) is 11.0 Å². The summed E-state index contributed by atoms with van der Waals surface area (Å²) in [5.41, 5.74) is 1.87. The van der Waals surface area contributed by atoms with Crippen molar-refractivity contribution in [2.24, 2.45) is 14.1 Å². The lowest BCUT2D eigenvalue weighted by atomic mass is 10.1. The van der Waals surface area contributed by atoms with Crippen molar-refractivity contribution < 1.29 is 23.6 Å². The van der Waals surface area contributed by atoms with Gasteiger partial charge in [-0.3, -0.25) is 19.5 Å². The summed E-state index contributed by atoms with van der Waals surface area (Å²) < 4.78 is 15.4. The van der Waals surface area contributed by atoms with Crippen molar-refractivity contribution in [3.05, 3.63) is 50.9 Å². The average molecular weight is 585 g/mol. The molecule has 1 amide bonds. The van der Waals surface area contributed by atoms with Crippen LogP contribution < -0.4 is 20.3 Å². The van der Waals surface area contributed by atoms with Gasteiger partial charge < -0.3 is 19.4 Å². The number of pyridine rings is 1. The number of aryl methyl sites for hydroxylation is 2. The first-order valence-electron chi connectivity index (χ1n) is 13.5. The number of anilines is 1. The number of esters is 1. The molecule has 2 N–H and O–H groups in total. The van der Waals surface area contributed by atoms with Crippen molar-refractivity contribution in [3.63, 3.8) is 0 Å². The van der Waals surface area contributed by atoms with Crippen molar-refractivity contribution in [2.45, 2.75) is 51.8 Å². The lowest BCUT2D eigenvalue weighted by Crippen LogP contribution is -2.52. The SMILES string of the molecule is COC(=O)c1[nH]n(C)c2c3nc(N4CCC[C@@H](NC(=O)OC(C)(C)C)C4)[n+](Cc4ccccc4Cl)c3c(=O)n(C)c12. The Morgan fingerprint density at radius 2 is 1.95 bits per heavy atom. The summed E-state index contributed by atoms with van der Waals surface area (Å²) in [6.45, 7) is 6.92. The fraction of sp³-hybridized carbons (Fsp3) is 0.464. The van der Waals surface area contributed by atoms with Crippen molar-refractivity contribution in [2.75, 3.05) is 25.1 Å². The molecular weight excluding hydrogens is 550 g/mol. The molecule has 0 bridgehead atoms. The van der Waals surface area contributed by atoms with Crippen LogP contribution in [0.2, 0.25) is 5.02 Å². The van der Waals surface area contributed by atoms with Gasteiger partial charge in [0.05, 0.1) is 32.8 Å². The van der Waals surface area contributed by atoms with E-state index in [-0.39, 0.29) is 17.3 Å². The number of fused-ring (bicyclic) bond motifs is 3. The lowest BCUT2D eigenvalue weighted by Gasteiger charge is -2.30. The normalized spacial score (nSPS) is 15.9. The van der Waals surface area contributed by atoms with E-state index in [4.69, 9.17) is 26.1 Å². The van der Waals surface area contributed by atoms with Crippen LogP contribution in [-0.4, -0.2) is 63.2 Å². The Morgan fingerprint density at radius 1 is 1.22 bits per heavy atom. The molecule has 0 saturated carbocycles. The van der Waals surface area contributed by atoms with Gasteiger partial charge in [0.25, 0.3) is 5.56 Å². The van der Waals surface area contributed by atoms with Crippen LogP contribution in [0.1, 0.15) is 49.7 Å². The summed E-state index contributed by atoms with van der Waals surface area (Å²) in [7, 11) is 4.67. The maximum absolute atomic E-state index is 14.0. The molecule has 1 aliphatic heterocycles. The maximum atomic E-state index is 14.0. The summed E-state index contributed by atoms with van der Waals surface area (Å²) in [6.07, 6.45) is 1.11. The standard InChI is InChI=1S/C28H34ClN7O5/c1-28(2,3)41-27(39)30-17-11-9-13-35(15-17)26-31-19-22-21(20(25(38)40-6)32-34(22)5)33(4)24(37)23(19)36(26)14-16-10-7-8-12-18(16)29/h7-8,10,12,17H,9,11,13-15H2,1-6H3,(H,30,39)/p+1/t17-/m1/s1. The van der Waals surface area contributed by atoms with Crippen molar-refractivity contribution in [1.82, 2.24) is 24.6 Å². The molecule has 1 atom stereocenters. The number of ether oxygens (including phenoxy) is 2. The zero-order valence-corrected chi connectivity index (χ0v) is 24.8. The lowest BCUT2D eigenvalue weighted by molar-refractivity contribution is -0.650. The zero-order chi connectivity index (χ0) is 29.6. The Hall–Kier alpha value is -4.06. The molecular formula is C28H35ClN7O5+. The van der Waals surface area contributed by atoms with Gasteiger partial charge in [-0.15, -0.1) is 0 Å². The average Bonchev–Trinajstić information content (AvgIpc) is 3.45. The highest BCUT2D eigenvalue weighted by atomic mass is 35.5. The highest BCUT2D eigenvalue weighted by Crippen LogP contribution is 2.27. The third-order valence-corrected chi connectivity index (χ3v) is 7.56. The predicted octanol–water partition coefficient (Wildman–Crippen LogP) is 3.02. The third-order valence-electron chi connectivity index (χ3n) is 7.19.